The Morgan fingerprint density at radius 3 is 2.41 bits per heavy atom. The van der Waals surface area contributed by atoms with E-state index in [9.17, 15) is 0 Å². The molecule has 2 aromatic heterocycles. The lowest BCUT2D eigenvalue weighted by atomic mass is 10.0. The van der Waals surface area contributed by atoms with Crippen LogP contribution in [0.4, 0.5) is 17.5 Å². The number of furan rings is 1. The van der Waals surface area contributed by atoms with Gasteiger partial charge in [-0.3, -0.25) is 0 Å². The lowest BCUT2D eigenvalue weighted by Gasteiger charge is -2.08. The molecule has 3 aromatic carbocycles. The number of aromatic nitrogens is 2. The number of anilines is 3. The second-order valence-corrected chi connectivity index (χ2v) is 6.52. The van der Waals surface area contributed by atoms with Crippen molar-refractivity contribution in [2.75, 3.05) is 16.8 Å². The van der Waals surface area contributed by atoms with Crippen molar-refractivity contribution >= 4 is 50.1 Å². The van der Waals surface area contributed by atoms with Gasteiger partial charge >= 0.3 is 0 Å². The van der Waals surface area contributed by atoms with Gasteiger partial charge in [-0.15, -0.1) is 0 Å². The molecule has 2 heterocycles. The van der Waals surface area contributed by atoms with Gasteiger partial charge in [0, 0.05) is 17.8 Å². The molecular weight excluding hydrogens is 338 g/mol. The van der Waals surface area contributed by atoms with Gasteiger partial charge in [0.05, 0.1) is 11.6 Å². The number of benzene rings is 3. The van der Waals surface area contributed by atoms with Crippen LogP contribution in [-0.4, -0.2) is 9.97 Å². The van der Waals surface area contributed by atoms with Crippen molar-refractivity contribution in [3.63, 3.8) is 0 Å². The normalized spacial score (nSPS) is 11.4. The maximum atomic E-state index is 5.98. The summed E-state index contributed by atoms with van der Waals surface area (Å²) in [4.78, 5) is 8.09. The van der Waals surface area contributed by atoms with Gasteiger partial charge in [0.15, 0.2) is 0 Å². The minimum atomic E-state index is 0.107. The standard InChI is InChI=1S/C21H17N5O/c22-19-18-16(11-27-20(18)26-21(23)25-19)10-24-17-6-5-14-7-12-3-1-2-4-13(12)8-15(14)9-17/h1-9,11,24H,10H2,(H4,22,23,25,26). The fraction of sp³-hybridized carbons (Fsp3) is 0.0476. The Balaban J connectivity index is 1.47. The summed E-state index contributed by atoms with van der Waals surface area (Å²) in [5.41, 5.74) is 13.9. The third-order valence-corrected chi connectivity index (χ3v) is 4.74. The lowest BCUT2D eigenvalue weighted by Crippen LogP contribution is -2.02. The summed E-state index contributed by atoms with van der Waals surface area (Å²) in [5, 5.41) is 8.98. The molecule has 0 amide bonds. The van der Waals surface area contributed by atoms with Crippen LogP contribution >= 0.6 is 0 Å². The Bertz CT molecular complexity index is 1310. The predicted octanol–water partition coefficient (Wildman–Crippen LogP) is 4.31. The highest BCUT2D eigenvalue weighted by Gasteiger charge is 2.12. The average molecular weight is 355 g/mol. The second kappa shape index (κ2) is 5.88. The van der Waals surface area contributed by atoms with E-state index in [1.54, 1.807) is 6.26 Å². The van der Waals surface area contributed by atoms with Crippen molar-refractivity contribution in [2.24, 2.45) is 0 Å². The minimum Gasteiger partial charge on any atom is -0.446 e. The monoisotopic (exact) mass is 355 g/mol. The SMILES string of the molecule is Nc1nc(N)c2c(CNc3ccc4cc5ccccc5cc4c3)coc2n1. The summed E-state index contributed by atoms with van der Waals surface area (Å²) in [6, 6.07) is 19.1. The molecule has 0 aliphatic rings. The van der Waals surface area contributed by atoms with E-state index in [4.69, 9.17) is 15.9 Å². The van der Waals surface area contributed by atoms with Gasteiger partial charge < -0.3 is 21.2 Å². The number of hydrogen-bond donors (Lipinski definition) is 3. The third kappa shape index (κ3) is 2.67. The molecule has 5 aromatic rings. The first-order valence-electron chi connectivity index (χ1n) is 8.63. The third-order valence-electron chi connectivity index (χ3n) is 4.74. The van der Waals surface area contributed by atoms with E-state index < -0.39 is 0 Å². The molecule has 0 aliphatic carbocycles. The van der Waals surface area contributed by atoms with E-state index in [0.29, 0.717) is 23.5 Å². The first kappa shape index (κ1) is 15.5. The first-order chi connectivity index (χ1) is 13.2. The van der Waals surface area contributed by atoms with Crippen LogP contribution in [-0.2, 0) is 6.54 Å². The van der Waals surface area contributed by atoms with Crippen LogP contribution in [0.25, 0.3) is 32.6 Å². The summed E-state index contributed by atoms with van der Waals surface area (Å²) in [6.45, 7) is 0.545. The van der Waals surface area contributed by atoms with Crippen molar-refractivity contribution in [1.29, 1.82) is 0 Å². The molecule has 0 radical (unpaired) electrons. The van der Waals surface area contributed by atoms with Crippen molar-refractivity contribution in [1.82, 2.24) is 9.97 Å². The van der Waals surface area contributed by atoms with Gasteiger partial charge in [0.1, 0.15) is 5.82 Å². The molecule has 0 saturated carbocycles. The molecule has 6 heteroatoms. The second-order valence-electron chi connectivity index (χ2n) is 6.52. The minimum absolute atomic E-state index is 0.107. The molecule has 5 rings (SSSR count). The zero-order chi connectivity index (χ0) is 18.4. The van der Waals surface area contributed by atoms with Crippen LogP contribution in [0.15, 0.2) is 65.3 Å². The fourth-order valence-corrected chi connectivity index (χ4v) is 3.42. The molecule has 0 aliphatic heterocycles. The molecule has 0 fully saturated rings. The fourth-order valence-electron chi connectivity index (χ4n) is 3.42. The predicted molar refractivity (Wildman–Crippen MR) is 109 cm³/mol. The van der Waals surface area contributed by atoms with Crippen molar-refractivity contribution in [2.45, 2.75) is 6.54 Å². The number of nitrogens with zero attached hydrogens (tertiary/aromatic N) is 2. The van der Waals surface area contributed by atoms with Crippen molar-refractivity contribution < 1.29 is 4.42 Å². The van der Waals surface area contributed by atoms with Gasteiger partial charge in [-0.05, 0) is 45.8 Å². The molecule has 0 atom stereocenters. The summed E-state index contributed by atoms with van der Waals surface area (Å²) < 4.78 is 5.47. The Labute approximate surface area is 154 Å². The van der Waals surface area contributed by atoms with Crippen LogP contribution < -0.4 is 16.8 Å². The molecule has 132 valence electrons. The topological polar surface area (TPSA) is 103 Å². The Hall–Kier alpha value is -3.80. The molecular formula is C21H17N5O. The number of fused-ring (bicyclic) bond motifs is 3. The van der Waals surface area contributed by atoms with E-state index >= 15 is 0 Å². The quantitative estimate of drug-likeness (QED) is 0.417. The highest BCUT2D eigenvalue weighted by molar-refractivity contribution is 5.99. The van der Waals surface area contributed by atoms with E-state index in [1.807, 2.05) is 0 Å². The highest BCUT2D eigenvalue weighted by Crippen LogP contribution is 2.28. The van der Waals surface area contributed by atoms with Crippen molar-refractivity contribution in [3.05, 3.63) is 66.4 Å². The van der Waals surface area contributed by atoms with Crippen LogP contribution in [0.1, 0.15) is 5.56 Å². The number of hydrogen-bond acceptors (Lipinski definition) is 6. The number of rotatable bonds is 3. The van der Waals surface area contributed by atoms with Gasteiger partial charge in [-0.2, -0.15) is 9.97 Å². The zero-order valence-electron chi connectivity index (χ0n) is 14.4. The average Bonchev–Trinajstić information content (AvgIpc) is 3.07. The smallest absolute Gasteiger partial charge is 0.233 e. The first-order valence-corrected chi connectivity index (χ1v) is 8.63. The maximum absolute atomic E-state index is 5.98. The van der Waals surface area contributed by atoms with E-state index in [1.165, 1.54) is 21.5 Å². The summed E-state index contributed by atoms with van der Waals surface area (Å²) in [6.07, 6.45) is 1.64. The largest absolute Gasteiger partial charge is 0.446 e. The number of nitrogen functional groups attached to an aromatic ring is 2. The van der Waals surface area contributed by atoms with E-state index in [2.05, 4.69) is 69.9 Å². The maximum Gasteiger partial charge on any atom is 0.233 e. The number of nitrogens with one attached hydrogen (secondary N) is 1. The van der Waals surface area contributed by atoms with Crippen LogP contribution in [0.3, 0.4) is 0 Å². The van der Waals surface area contributed by atoms with Gasteiger partial charge in [0.2, 0.25) is 11.7 Å². The van der Waals surface area contributed by atoms with Crippen LogP contribution in [0.2, 0.25) is 0 Å². The summed E-state index contributed by atoms with van der Waals surface area (Å²) >= 11 is 0. The molecule has 6 nitrogen and oxygen atoms in total. The van der Waals surface area contributed by atoms with E-state index in [0.717, 1.165) is 11.3 Å². The molecule has 0 unspecified atom stereocenters. The summed E-state index contributed by atoms with van der Waals surface area (Å²) in [5.74, 6) is 0.434. The Morgan fingerprint density at radius 1 is 0.852 bits per heavy atom. The Kier molecular flexibility index (Phi) is 3.36. The van der Waals surface area contributed by atoms with Gasteiger partial charge in [-0.25, -0.2) is 0 Å². The van der Waals surface area contributed by atoms with Crippen LogP contribution in [0.5, 0.6) is 0 Å². The van der Waals surface area contributed by atoms with Gasteiger partial charge in [0.25, 0.3) is 0 Å². The Morgan fingerprint density at radius 2 is 1.59 bits per heavy atom. The zero-order valence-corrected chi connectivity index (χ0v) is 14.4. The highest BCUT2D eigenvalue weighted by atomic mass is 16.3. The van der Waals surface area contributed by atoms with Gasteiger partial charge in [-0.1, -0.05) is 30.3 Å². The molecule has 27 heavy (non-hydrogen) atoms. The molecule has 0 saturated heterocycles. The molecule has 0 spiro atoms. The van der Waals surface area contributed by atoms with Crippen molar-refractivity contribution in [3.8, 4) is 0 Å². The molecule has 5 N–H and O–H groups in total. The van der Waals surface area contributed by atoms with E-state index in [-0.39, 0.29) is 5.95 Å². The lowest BCUT2D eigenvalue weighted by molar-refractivity contribution is 0.599. The summed E-state index contributed by atoms with van der Waals surface area (Å²) in [7, 11) is 0. The molecule has 0 bridgehead atoms. The van der Waals surface area contributed by atoms with Crippen LogP contribution in [0, 0.1) is 0 Å². The number of nitrogens with two attached hydrogens (primary N) is 2.